The van der Waals surface area contributed by atoms with E-state index >= 15 is 0 Å². The number of rotatable bonds is 4. The number of hydrogen-bond acceptors (Lipinski definition) is 2. The van der Waals surface area contributed by atoms with Crippen LogP contribution >= 0.6 is 11.6 Å². The highest BCUT2D eigenvalue weighted by Gasteiger charge is 2.18. The Morgan fingerprint density at radius 3 is 2.62 bits per heavy atom. The smallest absolute Gasteiger partial charge is 0.125 e. The molecule has 0 aliphatic rings. The van der Waals surface area contributed by atoms with Crippen LogP contribution in [0.1, 0.15) is 39.1 Å². The number of fused-ring (bicyclic) bond motifs is 3. The number of pyridine rings is 1. The summed E-state index contributed by atoms with van der Waals surface area (Å²) in [5, 5.41) is 1.15. The number of alkyl halides is 1. The summed E-state index contributed by atoms with van der Waals surface area (Å²) in [6, 6.07) is 8.59. The number of aromatic nitrogens is 3. The molecule has 0 radical (unpaired) electrons. The standard InChI is InChI=1S/C17H20ClN3/c1-11(2)8-12(3)21-16(9-18)20-15-10-19-14-7-5-4-6-13(14)17(15)21/h4-7,10-12H,8-9H2,1-3H3. The minimum atomic E-state index is 0.370. The zero-order valence-corrected chi connectivity index (χ0v) is 13.4. The molecule has 2 aromatic heterocycles. The summed E-state index contributed by atoms with van der Waals surface area (Å²) in [5.74, 6) is 1.98. The molecule has 0 amide bonds. The minimum Gasteiger partial charge on any atom is -0.324 e. The summed E-state index contributed by atoms with van der Waals surface area (Å²) in [7, 11) is 0. The molecule has 0 saturated carbocycles. The molecule has 1 aromatic carbocycles. The number of para-hydroxylation sites is 1. The Hall–Kier alpha value is -1.61. The predicted octanol–water partition coefficient (Wildman–Crippen LogP) is 4.93. The second kappa shape index (κ2) is 5.64. The molecule has 0 bridgehead atoms. The van der Waals surface area contributed by atoms with Gasteiger partial charge in [-0.15, -0.1) is 11.6 Å². The van der Waals surface area contributed by atoms with Crippen molar-refractivity contribution in [3.05, 3.63) is 36.3 Å². The number of imidazole rings is 1. The quantitative estimate of drug-likeness (QED) is 0.640. The lowest BCUT2D eigenvalue weighted by atomic mass is 10.0. The first kappa shape index (κ1) is 14.3. The second-order valence-corrected chi connectivity index (χ2v) is 6.29. The van der Waals surface area contributed by atoms with Gasteiger partial charge in [-0.2, -0.15) is 0 Å². The van der Waals surface area contributed by atoms with Crippen LogP contribution in [-0.4, -0.2) is 14.5 Å². The lowest BCUT2D eigenvalue weighted by Gasteiger charge is -2.19. The first-order valence-electron chi connectivity index (χ1n) is 7.42. The maximum Gasteiger partial charge on any atom is 0.125 e. The van der Waals surface area contributed by atoms with E-state index in [4.69, 9.17) is 11.6 Å². The monoisotopic (exact) mass is 301 g/mol. The summed E-state index contributed by atoms with van der Waals surface area (Å²) >= 11 is 6.13. The van der Waals surface area contributed by atoms with Gasteiger partial charge >= 0.3 is 0 Å². The molecule has 110 valence electrons. The second-order valence-electron chi connectivity index (χ2n) is 6.02. The molecule has 3 rings (SSSR count). The summed E-state index contributed by atoms with van der Waals surface area (Å²) < 4.78 is 2.30. The Kier molecular flexibility index (Phi) is 3.85. The largest absolute Gasteiger partial charge is 0.324 e. The van der Waals surface area contributed by atoms with Crippen molar-refractivity contribution in [3.8, 4) is 0 Å². The molecule has 0 fully saturated rings. The molecule has 0 aliphatic carbocycles. The zero-order valence-electron chi connectivity index (χ0n) is 12.7. The van der Waals surface area contributed by atoms with E-state index in [1.54, 1.807) is 0 Å². The van der Waals surface area contributed by atoms with Crippen LogP contribution < -0.4 is 0 Å². The fourth-order valence-corrected chi connectivity index (χ4v) is 3.32. The Bertz CT molecular complexity index is 776. The third-order valence-corrected chi connectivity index (χ3v) is 4.11. The van der Waals surface area contributed by atoms with Gasteiger partial charge in [-0.1, -0.05) is 32.0 Å². The van der Waals surface area contributed by atoms with E-state index in [1.807, 2.05) is 24.4 Å². The van der Waals surface area contributed by atoms with Crippen LogP contribution in [0.4, 0.5) is 0 Å². The molecule has 2 heterocycles. The van der Waals surface area contributed by atoms with Crippen LogP contribution in [0.25, 0.3) is 21.9 Å². The predicted molar refractivity (Wildman–Crippen MR) is 88.8 cm³/mol. The summed E-state index contributed by atoms with van der Waals surface area (Å²) in [5.41, 5.74) is 3.09. The zero-order chi connectivity index (χ0) is 15.0. The van der Waals surface area contributed by atoms with Crippen molar-refractivity contribution in [2.75, 3.05) is 0 Å². The number of halogens is 1. The molecule has 0 N–H and O–H groups in total. The van der Waals surface area contributed by atoms with Crippen molar-refractivity contribution in [3.63, 3.8) is 0 Å². The maximum absolute atomic E-state index is 6.13. The molecule has 3 aromatic rings. The maximum atomic E-state index is 6.13. The van der Waals surface area contributed by atoms with Gasteiger partial charge in [-0.25, -0.2) is 4.98 Å². The number of hydrogen-bond donors (Lipinski definition) is 0. The van der Waals surface area contributed by atoms with Gasteiger partial charge in [0, 0.05) is 11.4 Å². The SMILES string of the molecule is CC(C)CC(C)n1c(CCl)nc2cnc3ccccc3c21. The van der Waals surface area contributed by atoms with Gasteiger partial charge in [0.15, 0.2) is 0 Å². The van der Waals surface area contributed by atoms with E-state index < -0.39 is 0 Å². The normalized spacial score (nSPS) is 13.4. The van der Waals surface area contributed by atoms with Crippen LogP contribution in [0.3, 0.4) is 0 Å². The topological polar surface area (TPSA) is 30.7 Å². The van der Waals surface area contributed by atoms with Gasteiger partial charge in [-0.05, 0) is 25.3 Å². The average Bonchev–Trinajstić information content (AvgIpc) is 2.85. The first-order valence-corrected chi connectivity index (χ1v) is 7.95. The lowest BCUT2D eigenvalue weighted by Crippen LogP contribution is -2.11. The molecule has 0 saturated heterocycles. The van der Waals surface area contributed by atoms with Crippen LogP contribution in [0.5, 0.6) is 0 Å². The van der Waals surface area contributed by atoms with Gasteiger partial charge in [-0.3, -0.25) is 4.98 Å². The summed E-state index contributed by atoms with van der Waals surface area (Å²) in [4.78, 5) is 9.18. The molecule has 0 spiro atoms. The highest BCUT2D eigenvalue weighted by molar-refractivity contribution is 6.17. The molecular formula is C17H20ClN3. The molecule has 1 atom stereocenters. The Balaban J connectivity index is 2.31. The lowest BCUT2D eigenvalue weighted by molar-refractivity contribution is 0.429. The van der Waals surface area contributed by atoms with E-state index in [1.165, 1.54) is 0 Å². The molecule has 0 aliphatic heterocycles. The van der Waals surface area contributed by atoms with E-state index in [2.05, 4.69) is 41.4 Å². The van der Waals surface area contributed by atoms with Gasteiger partial charge in [0.25, 0.3) is 0 Å². The Labute approximate surface area is 130 Å². The summed E-state index contributed by atoms with van der Waals surface area (Å²) in [6.07, 6.45) is 2.96. The minimum absolute atomic E-state index is 0.370. The van der Waals surface area contributed by atoms with E-state index in [0.29, 0.717) is 17.8 Å². The van der Waals surface area contributed by atoms with E-state index in [0.717, 1.165) is 34.2 Å². The van der Waals surface area contributed by atoms with Crippen molar-refractivity contribution in [1.82, 2.24) is 14.5 Å². The average molecular weight is 302 g/mol. The van der Waals surface area contributed by atoms with Crippen molar-refractivity contribution in [1.29, 1.82) is 0 Å². The first-order chi connectivity index (χ1) is 10.1. The molecule has 4 heteroatoms. The van der Waals surface area contributed by atoms with Crippen molar-refractivity contribution < 1.29 is 0 Å². The van der Waals surface area contributed by atoms with Gasteiger partial charge < -0.3 is 4.57 Å². The fourth-order valence-electron chi connectivity index (χ4n) is 3.13. The molecular weight excluding hydrogens is 282 g/mol. The third kappa shape index (κ3) is 2.51. The van der Waals surface area contributed by atoms with Crippen LogP contribution in [0.15, 0.2) is 30.5 Å². The highest BCUT2D eigenvalue weighted by atomic mass is 35.5. The number of benzene rings is 1. The van der Waals surface area contributed by atoms with Crippen molar-refractivity contribution in [2.24, 2.45) is 5.92 Å². The van der Waals surface area contributed by atoms with E-state index in [-0.39, 0.29) is 0 Å². The highest BCUT2D eigenvalue weighted by Crippen LogP contribution is 2.30. The molecule has 21 heavy (non-hydrogen) atoms. The van der Waals surface area contributed by atoms with Crippen molar-refractivity contribution >= 4 is 33.5 Å². The van der Waals surface area contributed by atoms with Crippen molar-refractivity contribution in [2.45, 2.75) is 39.1 Å². The van der Waals surface area contributed by atoms with E-state index in [9.17, 15) is 0 Å². The Morgan fingerprint density at radius 1 is 1.14 bits per heavy atom. The molecule has 1 unspecified atom stereocenters. The fraction of sp³-hybridized carbons (Fsp3) is 0.412. The summed E-state index contributed by atoms with van der Waals surface area (Å²) in [6.45, 7) is 6.73. The van der Waals surface area contributed by atoms with Crippen LogP contribution in [0, 0.1) is 5.92 Å². The number of nitrogens with zero attached hydrogens (tertiary/aromatic N) is 3. The van der Waals surface area contributed by atoms with Gasteiger partial charge in [0.2, 0.25) is 0 Å². The molecule has 3 nitrogen and oxygen atoms in total. The van der Waals surface area contributed by atoms with Crippen LogP contribution in [-0.2, 0) is 5.88 Å². The third-order valence-electron chi connectivity index (χ3n) is 3.87. The van der Waals surface area contributed by atoms with Gasteiger partial charge in [0.05, 0.1) is 23.1 Å². The Morgan fingerprint density at radius 2 is 1.90 bits per heavy atom. The van der Waals surface area contributed by atoms with Gasteiger partial charge in [0.1, 0.15) is 11.3 Å². The van der Waals surface area contributed by atoms with Crippen LogP contribution in [0.2, 0.25) is 0 Å².